The number of methoxy groups -OCH3 is 1. The van der Waals surface area contributed by atoms with Crippen LogP contribution in [-0.4, -0.2) is 17.1 Å². The molecule has 1 aromatic carbocycles. The van der Waals surface area contributed by atoms with E-state index in [1.54, 1.807) is 25.3 Å². The molecule has 0 unspecified atom stereocenters. The van der Waals surface area contributed by atoms with Crippen LogP contribution in [0, 0.1) is 0 Å². The van der Waals surface area contributed by atoms with Crippen molar-refractivity contribution in [2.45, 2.75) is 0 Å². The Labute approximate surface area is 103 Å². The van der Waals surface area contributed by atoms with Crippen LogP contribution in [0.15, 0.2) is 30.6 Å². The molecular formula is C11H10ClN3O2. The van der Waals surface area contributed by atoms with Crippen LogP contribution in [-0.2, 0) is 0 Å². The minimum atomic E-state index is 0.179. The fourth-order valence-electron chi connectivity index (χ4n) is 1.22. The summed E-state index contributed by atoms with van der Waals surface area (Å²) in [6.07, 6.45) is 2.89. The van der Waals surface area contributed by atoms with Gasteiger partial charge in [0.25, 0.3) is 0 Å². The largest absolute Gasteiger partial charge is 0.493 e. The van der Waals surface area contributed by atoms with E-state index in [1.165, 1.54) is 12.4 Å². The zero-order chi connectivity index (χ0) is 12.3. The number of aromatic nitrogens is 2. The van der Waals surface area contributed by atoms with E-state index in [1.807, 2.05) is 0 Å². The van der Waals surface area contributed by atoms with Crippen molar-refractivity contribution in [1.82, 2.24) is 9.97 Å². The molecule has 0 aliphatic heterocycles. The summed E-state index contributed by atoms with van der Waals surface area (Å²) in [6, 6.07) is 5.24. The number of nitrogens with zero attached hydrogens (tertiary/aromatic N) is 2. The van der Waals surface area contributed by atoms with Crippen LogP contribution in [0.2, 0.25) is 5.02 Å². The topological polar surface area (TPSA) is 70.3 Å². The van der Waals surface area contributed by atoms with E-state index in [0.29, 0.717) is 22.2 Å². The Kier molecular flexibility index (Phi) is 3.30. The molecule has 0 aliphatic carbocycles. The molecule has 0 saturated heterocycles. The van der Waals surface area contributed by atoms with Gasteiger partial charge in [0, 0.05) is 11.8 Å². The Balaban J connectivity index is 2.28. The zero-order valence-corrected chi connectivity index (χ0v) is 9.81. The van der Waals surface area contributed by atoms with Gasteiger partial charge in [0.15, 0.2) is 11.5 Å². The van der Waals surface area contributed by atoms with Crippen LogP contribution in [0.1, 0.15) is 0 Å². The van der Waals surface area contributed by atoms with Crippen LogP contribution in [0.3, 0.4) is 0 Å². The lowest BCUT2D eigenvalue weighted by Crippen LogP contribution is -1.95. The monoisotopic (exact) mass is 251 g/mol. The normalized spacial score (nSPS) is 10.0. The highest BCUT2D eigenvalue weighted by Gasteiger charge is 2.07. The molecule has 0 bridgehead atoms. The number of halogens is 1. The lowest BCUT2D eigenvalue weighted by molar-refractivity contribution is 0.368. The third-order valence-corrected chi connectivity index (χ3v) is 2.18. The van der Waals surface area contributed by atoms with Gasteiger partial charge >= 0.3 is 6.01 Å². The molecule has 88 valence electrons. The van der Waals surface area contributed by atoms with E-state index in [9.17, 15) is 0 Å². The molecule has 0 aliphatic rings. The molecule has 0 radical (unpaired) electrons. The number of ether oxygens (including phenoxy) is 2. The van der Waals surface area contributed by atoms with Gasteiger partial charge in [-0.05, 0) is 12.1 Å². The first kappa shape index (κ1) is 11.5. The van der Waals surface area contributed by atoms with Crippen LogP contribution < -0.4 is 15.2 Å². The van der Waals surface area contributed by atoms with Crippen molar-refractivity contribution in [2.24, 2.45) is 0 Å². The quantitative estimate of drug-likeness (QED) is 0.849. The van der Waals surface area contributed by atoms with Gasteiger partial charge in [-0.2, -0.15) is 0 Å². The number of rotatable bonds is 3. The Morgan fingerprint density at radius 3 is 2.53 bits per heavy atom. The van der Waals surface area contributed by atoms with E-state index < -0.39 is 0 Å². The third kappa shape index (κ3) is 2.76. The zero-order valence-electron chi connectivity index (χ0n) is 9.05. The van der Waals surface area contributed by atoms with Crippen molar-refractivity contribution in [3.05, 3.63) is 35.6 Å². The molecule has 1 aromatic heterocycles. The Morgan fingerprint density at radius 2 is 1.88 bits per heavy atom. The SMILES string of the molecule is COc1ccc(N)cc1Oc1ncc(Cl)cn1. The maximum atomic E-state index is 5.67. The molecule has 0 amide bonds. The average Bonchev–Trinajstić information content (AvgIpc) is 2.32. The molecular weight excluding hydrogens is 242 g/mol. The van der Waals surface area contributed by atoms with Crippen LogP contribution >= 0.6 is 11.6 Å². The average molecular weight is 252 g/mol. The van der Waals surface area contributed by atoms with E-state index >= 15 is 0 Å². The molecule has 2 N–H and O–H groups in total. The van der Waals surface area contributed by atoms with Crippen molar-refractivity contribution in [2.75, 3.05) is 12.8 Å². The van der Waals surface area contributed by atoms with E-state index in [-0.39, 0.29) is 6.01 Å². The summed E-state index contributed by atoms with van der Waals surface area (Å²) in [5.41, 5.74) is 6.23. The van der Waals surface area contributed by atoms with Gasteiger partial charge in [-0.1, -0.05) is 11.6 Å². The molecule has 0 spiro atoms. The third-order valence-electron chi connectivity index (χ3n) is 1.99. The summed E-state index contributed by atoms with van der Waals surface area (Å²) >= 11 is 5.67. The van der Waals surface area contributed by atoms with E-state index in [0.717, 1.165) is 0 Å². The molecule has 17 heavy (non-hydrogen) atoms. The van der Waals surface area contributed by atoms with Crippen molar-refractivity contribution in [1.29, 1.82) is 0 Å². The molecule has 2 aromatic rings. The number of nitrogens with two attached hydrogens (primary N) is 1. The van der Waals surface area contributed by atoms with Crippen molar-refractivity contribution >= 4 is 17.3 Å². The molecule has 1 heterocycles. The van der Waals surface area contributed by atoms with Crippen molar-refractivity contribution in [3.8, 4) is 17.5 Å². The Hall–Kier alpha value is -2.01. The summed E-state index contributed by atoms with van der Waals surface area (Å²) in [6.45, 7) is 0. The fourth-order valence-corrected chi connectivity index (χ4v) is 1.32. The van der Waals surface area contributed by atoms with Crippen LogP contribution in [0.25, 0.3) is 0 Å². The maximum Gasteiger partial charge on any atom is 0.322 e. The Morgan fingerprint density at radius 1 is 1.18 bits per heavy atom. The molecule has 6 heteroatoms. The second-order valence-corrected chi connectivity index (χ2v) is 3.63. The van der Waals surface area contributed by atoms with Crippen LogP contribution in [0.4, 0.5) is 5.69 Å². The summed E-state index contributed by atoms with van der Waals surface area (Å²) in [5, 5.41) is 0.442. The summed E-state index contributed by atoms with van der Waals surface area (Å²) in [5.74, 6) is 1.01. The predicted octanol–water partition coefficient (Wildman–Crippen LogP) is 2.51. The van der Waals surface area contributed by atoms with Gasteiger partial charge < -0.3 is 15.2 Å². The molecule has 5 nitrogen and oxygen atoms in total. The van der Waals surface area contributed by atoms with E-state index in [4.69, 9.17) is 26.8 Å². The lowest BCUT2D eigenvalue weighted by Gasteiger charge is -2.09. The highest BCUT2D eigenvalue weighted by atomic mass is 35.5. The number of nitrogen functional groups attached to an aromatic ring is 1. The minimum Gasteiger partial charge on any atom is -0.493 e. The van der Waals surface area contributed by atoms with Gasteiger partial charge in [-0.3, -0.25) is 0 Å². The first-order valence-corrected chi connectivity index (χ1v) is 5.16. The number of benzene rings is 1. The van der Waals surface area contributed by atoms with Crippen molar-refractivity contribution in [3.63, 3.8) is 0 Å². The van der Waals surface area contributed by atoms with E-state index in [2.05, 4.69) is 9.97 Å². The minimum absolute atomic E-state index is 0.179. The highest BCUT2D eigenvalue weighted by Crippen LogP contribution is 2.31. The summed E-state index contributed by atoms with van der Waals surface area (Å²) in [7, 11) is 1.54. The number of hydrogen-bond donors (Lipinski definition) is 1. The summed E-state index contributed by atoms with van der Waals surface area (Å²) < 4.78 is 10.6. The molecule has 2 rings (SSSR count). The first-order valence-electron chi connectivity index (χ1n) is 4.78. The smallest absolute Gasteiger partial charge is 0.322 e. The lowest BCUT2D eigenvalue weighted by atomic mass is 10.3. The van der Waals surface area contributed by atoms with Gasteiger partial charge in [-0.25, -0.2) is 9.97 Å². The first-order chi connectivity index (χ1) is 8.19. The van der Waals surface area contributed by atoms with Gasteiger partial charge in [0.05, 0.1) is 24.5 Å². The van der Waals surface area contributed by atoms with Crippen LogP contribution in [0.5, 0.6) is 17.5 Å². The number of anilines is 1. The predicted molar refractivity (Wildman–Crippen MR) is 64.5 cm³/mol. The maximum absolute atomic E-state index is 5.67. The highest BCUT2D eigenvalue weighted by molar-refractivity contribution is 6.30. The second kappa shape index (κ2) is 4.88. The molecule has 0 saturated carbocycles. The number of hydrogen-bond acceptors (Lipinski definition) is 5. The van der Waals surface area contributed by atoms with Crippen molar-refractivity contribution < 1.29 is 9.47 Å². The van der Waals surface area contributed by atoms with Gasteiger partial charge in [0.2, 0.25) is 0 Å². The fraction of sp³-hybridized carbons (Fsp3) is 0.0909. The van der Waals surface area contributed by atoms with Gasteiger partial charge in [0.1, 0.15) is 0 Å². The molecule has 0 fully saturated rings. The Bertz CT molecular complexity index is 517. The summed E-state index contributed by atoms with van der Waals surface area (Å²) in [4.78, 5) is 7.83. The standard InChI is InChI=1S/C11H10ClN3O2/c1-16-9-3-2-8(13)4-10(9)17-11-14-5-7(12)6-15-11/h2-6H,13H2,1H3. The van der Waals surface area contributed by atoms with Gasteiger partial charge in [-0.15, -0.1) is 0 Å². The second-order valence-electron chi connectivity index (χ2n) is 3.20. The molecule has 0 atom stereocenters.